The van der Waals surface area contributed by atoms with Gasteiger partial charge in [0.05, 0.1) is 11.3 Å². The molecule has 0 aliphatic heterocycles. The summed E-state index contributed by atoms with van der Waals surface area (Å²) in [5.74, 6) is 3.88. The molecule has 1 aromatic heterocycles. The van der Waals surface area contributed by atoms with E-state index in [1.165, 1.54) is 56.0 Å². The van der Waals surface area contributed by atoms with Gasteiger partial charge in [-0.15, -0.1) is 0 Å². The molecule has 0 aromatic carbocycles. The Labute approximate surface area is 184 Å². The first-order valence-corrected chi connectivity index (χ1v) is 16.1. The fraction of sp³-hybridized carbons (Fsp3) is 0.885. The van der Waals surface area contributed by atoms with Crippen molar-refractivity contribution in [3.8, 4) is 0 Å². The minimum Gasteiger partial charge on any atom is -0.390 e. The van der Waals surface area contributed by atoms with Gasteiger partial charge in [-0.3, -0.25) is 0 Å². The normalized spacial score (nSPS) is 48.7. The summed E-state index contributed by atoms with van der Waals surface area (Å²) >= 11 is 0. The number of nitrogens with zero attached hydrogens (tertiary/aromatic N) is 1. The van der Waals surface area contributed by atoms with Crippen molar-refractivity contribution < 1.29 is 9.63 Å². The highest BCUT2D eigenvalue weighted by Crippen LogP contribution is 2.69. The molecule has 0 amide bonds. The lowest BCUT2D eigenvalue weighted by molar-refractivity contribution is -0.143. The Kier molecular flexibility index (Phi) is 4.74. The topological polar surface area (TPSA) is 46.3 Å². The van der Waals surface area contributed by atoms with E-state index in [0.717, 1.165) is 36.5 Å². The molecule has 4 aliphatic carbocycles. The van der Waals surface area contributed by atoms with Crippen molar-refractivity contribution in [3.63, 3.8) is 0 Å². The zero-order valence-corrected chi connectivity index (χ0v) is 21.1. The molecule has 0 unspecified atom stereocenters. The summed E-state index contributed by atoms with van der Waals surface area (Å²) in [4.78, 5) is 0. The monoisotopic (exact) mass is 429 g/mol. The molecule has 8 atom stereocenters. The predicted molar refractivity (Wildman–Crippen MR) is 125 cm³/mol. The van der Waals surface area contributed by atoms with Crippen LogP contribution in [0, 0.1) is 34.5 Å². The number of aromatic nitrogens is 1. The maximum Gasteiger partial charge on any atom is 0.127 e. The van der Waals surface area contributed by atoms with Gasteiger partial charge < -0.3 is 9.63 Å². The number of rotatable bonds is 2. The third-order valence-corrected chi connectivity index (χ3v) is 12.3. The highest BCUT2D eigenvalue weighted by Gasteiger charge is 2.61. The highest BCUT2D eigenvalue weighted by molar-refractivity contribution is 6.87. The fourth-order valence-electron chi connectivity index (χ4n) is 8.72. The lowest BCUT2D eigenvalue weighted by Gasteiger charge is -2.61. The van der Waals surface area contributed by atoms with Crippen molar-refractivity contribution in [1.82, 2.24) is 5.16 Å². The van der Waals surface area contributed by atoms with Gasteiger partial charge in [0.25, 0.3) is 0 Å². The minimum absolute atomic E-state index is 0.387. The van der Waals surface area contributed by atoms with Crippen molar-refractivity contribution in [3.05, 3.63) is 11.8 Å². The molecule has 1 N–H and O–H groups in total. The molecular weight excluding hydrogens is 386 g/mol. The van der Waals surface area contributed by atoms with Crippen LogP contribution >= 0.6 is 0 Å². The summed E-state index contributed by atoms with van der Waals surface area (Å²) in [6.07, 6.45) is 11.3. The van der Waals surface area contributed by atoms with Crippen LogP contribution in [0.5, 0.6) is 0 Å². The zero-order valence-electron chi connectivity index (χ0n) is 20.1. The molecule has 4 saturated carbocycles. The second-order valence-electron chi connectivity index (χ2n) is 13.4. The van der Waals surface area contributed by atoms with E-state index in [1.807, 2.05) is 0 Å². The van der Waals surface area contributed by atoms with Crippen LogP contribution in [0.25, 0.3) is 0 Å². The summed E-state index contributed by atoms with van der Waals surface area (Å²) in [6.45, 7) is 14.3. The average molecular weight is 430 g/mol. The van der Waals surface area contributed by atoms with Crippen LogP contribution in [0.4, 0.5) is 0 Å². The van der Waals surface area contributed by atoms with Crippen molar-refractivity contribution >= 4 is 13.5 Å². The molecule has 0 spiro atoms. The van der Waals surface area contributed by atoms with Crippen LogP contribution in [-0.4, -0.2) is 23.9 Å². The van der Waals surface area contributed by atoms with Gasteiger partial charge in [0, 0.05) is 5.92 Å². The Morgan fingerprint density at radius 1 is 0.933 bits per heavy atom. The molecule has 0 bridgehead atoms. The molecule has 1 heterocycles. The average Bonchev–Trinajstić information content (AvgIpc) is 3.26. The first kappa shape index (κ1) is 21.2. The molecule has 4 aliphatic rings. The summed E-state index contributed by atoms with van der Waals surface area (Å²) in [5.41, 5.74) is 1.66. The molecular formula is C26H43NO2Si. The number of hydrogen-bond donors (Lipinski definition) is 1. The van der Waals surface area contributed by atoms with Crippen LogP contribution in [0.3, 0.4) is 0 Å². The van der Waals surface area contributed by atoms with Gasteiger partial charge in [-0.2, -0.15) is 0 Å². The van der Waals surface area contributed by atoms with Crippen LogP contribution in [0.2, 0.25) is 19.6 Å². The van der Waals surface area contributed by atoms with Crippen molar-refractivity contribution in [2.24, 2.45) is 34.5 Å². The van der Waals surface area contributed by atoms with Gasteiger partial charge >= 0.3 is 0 Å². The van der Waals surface area contributed by atoms with Crippen molar-refractivity contribution in [2.75, 3.05) is 0 Å². The first-order valence-electron chi connectivity index (χ1n) is 12.6. The molecule has 1 aromatic rings. The lowest BCUT2D eigenvalue weighted by atomic mass is 9.44. The Balaban J connectivity index is 1.40. The number of aliphatic hydroxyl groups is 1. The van der Waals surface area contributed by atoms with E-state index in [2.05, 4.69) is 51.6 Å². The molecule has 5 rings (SSSR count). The van der Waals surface area contributed by atoms with E-state index in [-0.39, 0.29) is 0 Å². The molecule has 30 heavy (non-hydrogen) atoms. The van der Waals surface area contributed by atoms with Crippen LogP contribution in [0.1, 0.15) is 90.2 Å². The Morgan fingerprint density at radius 3 is 2.37 bits per heavy atom. The molecule has 4 heteroatoms. The lowest BCUT2D eigenvalue weighted by Crippen LogP contribution is -2.55. The van der Waals surface area contributed by atoms with Crippen LogP contribution in [-0.2, 0) is 0 Å². The second-order valence-corrected chi connectivity index (χ2v) is 18.4. The van der Waals surface area contributed by atoms with Crippen molar-refractivity contribution in [2.45, 2.75) is 110 Å². The zero-order chi connectivity index (χ0) is 21.5. The maximum atomic E-state index is 10.7. The standard InChI is InChI=1S/C26H43NO2Si/c1-24(28)13-14-25(2)17(16-24)7-8-18-19-9-10-21(26(19,3)12-11-20(18)25)22-15-23(29-27-22)30(4,5)6/h15,17-21,28H,7-14,16H2,1-6H3/t17-,18+,19+,20+,21-,24-,25+,26+/m1/s1. The predicted octanol–water partition coefficient (Wildman–Crippen LogP) is 6.10. The number of hydrogen-bond acceptors (Lipinski definition) is 3. The maximum absolute atomic E-state index is 10.7. The van der Waals surface area contributed by atoms with Gasteiger partial charge in [0.1, 0.15) is 13.5 Å². The summed E-state index contributed by atoms with van der Waals surface area (Å²) in [7, 11) is -1.45. The third-order valence-electron chi connectivity index (χ3n) is 10.6. The summed E-state index contributed by atoms with van der Waals surface area (Å²) < 4.78 is 5.87. The highest BCUT2D eigenvalue weighted by atomic mass is 28.3. The minimum atomic E-state index is -1.45. The molecule has 4 fully saturated rings. The molecule has 0 saturated heterocycles. The largest absolute Gasteiger partial charge is 0.390 e. The van der Waals surface area contributed by atoms with E-state index in [0.29, 0.717) is 16.7 Å². The molecule has 3 nitrogen and oxygen atoms in total. The van der Waals surface area contributed by atoms with E-state index in [1.54, 1.807) is 0 Å². The Morgan fingerprint density at radius 2 is 1.67 bits per heavy atom. The van der Waals surface area contributed by atoms with E-state index in [4.69, 9.17) is 4.52 Å². The Bertz CT molecular complexity index is 810. The third kappa shape index (κ3) is 3.10. The molecule has 168 valence electrons. The van der Waals surface area contributed by atoms with Gasteiger partial charge in [-0.25, -0.2) is 0 Å². The summed E-state index contributed by atoms with van der Waals surface area (Å²) in [5, 5.41) is 16.5. The second kappa shape index (κ2) is 6.70. The molecule has 0 radical (unpaired) electrons. The van der Waals surface area contributed by atoms with Crippen LogP contribution in [0.15, 0.2) is 10.6 Å². The SMILES string of the molecule is C[C@@]1(O)CC[C@@]2(C)[C@H](CC[C@@H]3[C@@H]2CC[C@]2(C)[C@@H](c4cc([Si](C)(C)C)on4)CC[C@@H]32)C1. The van der Waals surface area contributed by atoms with E-state index >= 15 is 0 Å². The smallest absolute Gasteiger partial charge is 0.127 e. The Hall–Kier alpha value is -0.613. The number of fused-ring (bicyclic) bond motifs is 5. The quantitative estimate of drug-likeness (QED) is 0.578. The van der Waals surface area contributed by atoms with Crippen LogP contribution < -0.4 is 5.38 Å². The van der Waals surface area contributed by atoms with Gasteiger partial charge in [0.2, 0.25) is 0 Å². The van der Waals surface area contributed by atoms with E-state index < -0.39 is 13.7 Å². The van der Waals surface area contributed by atoms with Gasteiger partial charge in [-0.1, -0.05) is 38.6 Å². The van der Waals surface area contributed by atoms with E-state index in [9.17, 15) is 5.11 Å². The van der Waals surface area contributed by atoms with Crippen molar-refractivity contribution in [1.29, 1.82) is 0 Å². The fourth-order valence-corrected chi connectivity index (χ4v) is 9.62. The first-order chi connectivity index (χ1) is 13.9. The van der Waals surface area contributed by atoms with Gasteiger partial charge in [-0.05, 0) is 105 Å². The summed E-state index contributed by atoms with van der Waals surface area (Å²) in [6, 6.07) is 2.33. The van der Waals surface area contributed by atoms with Gasteiger partial charge in [0.15, 0.2) is 0 Å².